The summed E-state index contributed by atoms with van der Waals surface area (Å²) in [4.78, 5) is 13.7. The molecule has 0 saturated carbocycles. The van der Waals surface area contributed by atoms with E-state index in [0.29, 0.717) is 4.99 Å². The summed E-state index contributed by atoms with van der Waals surface area (Å²) >= 11 is 6.24. The van der Waals surface area contributed by atoms with Crippen molar-refractivity contribution >= 4 is 33.5 Å². The maximum atomic E-state index is 10.7. The fourth-order valence-electron chi connectivity index (χ4n) is 2.09. The van der Waals surface area contributed by atoms with Crippen LogP contribution in [0.2, 0.25) is 0 Å². The molecule has 1 fully saturated rings. The molecule has 1 saturated heterocycles. The molecule has 0 amide bonds. The number of hydrogen-bond acceptors (Lipinski definition) is 5. The molecule has 7 heteroatoms. The average Bonchev–Trinajstić information content (AvgIpc) is 2.88. The summed E-state index contributed by atoms with van der Waals surface area (Å²) in [5.41, 5.74) is 5.76. The minimum Gasteiger partial charge on any atom is -0.392 e. The van der Waals surface area contributed by atoms with Gasteiger partial charge in [0.2, 0.25) is 0 Å². The van der Waals surface area contributed by atoms with Crippen LogP contribution in [0, 0.1) is 10.1 Å². The third-order valence-electron chi connectivity index (χ3n) is 2.84. The van der Waals surface area contributed by atoms with Gasteiger partial charge >= 0.3 is 5.00 Å². The Labute approximate surface area is 108 Å². The second-order valence-corrected chi connectivity index (χ2v) is 5.55. The van der Waals surface area contributed by atoms with Crippen LogP contribution in [0.4, 0.5) is 5.00 Å². The largest absolute Gasteiger partial charge is 0.392 e. The van der Waals surface area contributed by atoms with Gasteiger partial charge < -0.3 is 5.73 Å². The Morgan fingerprint density at radius 3 is 2.65 bits per heavy atom. The molecule has 0 radical (unpaired) electrons. The summed E-state index contributed by atoms with van der Waals surface area (Å²) in [5, 5.41) is 10.8. The normalized spacial score (nSPS) is 18.1. The van der Waals surface area contributed by atoms with E-state index >= 15 is 0 Å². The molecule has 5 nitrogen and oxygen atoms in total. The van der Waals surface area contributed by atoms with Gasteiger partial charge in [-0.15, -0.1) is 0 Å². The first-order valence-corrected chi connectivity index (χ1v) is 6.59. The van der Waals surface area contributed by atoms with E-state index in [1.54, 1.807) is 6.07 Å². The molecule has 1 aliphatic rings. The van der Waals surface area contributed by atoms with Gasteiger partial charge in [-0.1, -0.05) is 23.6 Å². The second-order valence-electron chi connectivity index (χ2n) is 3.98. The van der Waals surface area contributed by atoms with Crippen LogP contribution >= 0.6 is 23.6 Å². The Bertz CT molecular complexity index is 441. The molecule has 1 atom stereocenters. The SMILES string of the molecule is NC(=S)C(c1ccc([N+](=O)[O-])s1)N1CCCC1. The van der Waals surface area contributed by atoms with E-state index in [-0.39, 0.29) is 16.0 Å². The lowest BCUT2D eigenvalue weighted by Crippen LogP contribution is -2.34. The first-order valence-electron chi connectivity index (χ1n) is 5.37. The quantitative estimate of drug-likeness (QED) is 0.515. The molecule has 0 bridgehead atoms. The summed E-state index contributed by atoms with van der Waals surface area (Å²) in [6.45, 7) is 1.90. The number of nitrogens with zero attached hydrogens (tertiary/aromatic N) is 2. The Kier molecular flexibility index (Phi) is 3.70. The Balaban J connectivity index is 2.25. The van der Waals surface area contributed by atoms with Crippen molar-refractivity contribution in [3.8, 4) is 0 Å². The highest BCUT2D eigenvalue weighted by Crippen LogP contribution is 2.33. The lowest BCUT2D eigenvalue weighted by atomic mass is 10.2. The topological polar surface area (TPSA) is 72.4 Å². The number of thiocarbonyl (C=S) groups is 1. The van der Waals surface area contributed by atoms with Crippen LogP contribution in [0.3, 0.4) is 0 Å². The summed E-state index contributed by atoms with van der Waals surface area (Å²) < 4.78 is 0. The Morgan fingerprint density at radius 2 is 2.18 bits per heavy atom. The third-order valence-corrected chi connectivity index (χ3v) is 4.15. The van der Waals surface area contributed by atoms with Crippen molar-refractivity contribution < 1.29 is 4.92 Å². The van der Waals surface area contributed by atoms with Crippen molar-refractivity contribution in [1.82, 2.24) is 4.90 Å². The van der Waals surface area contributed by atoms with Gasteiger partial charge in [0.25, 0.3) is 0 Å². The van der Waals surface area contributed by atoms with Crippen LogP contribution in [0.15, 0.2) is 12.1 Å². The highest BCUT2D eigenvalue weighted by atomic mass is 32.1. The van der Waals surface area contributed by atoms with Gasteiger partial charge in [0.05, 0.1) is 16.0 Å². The molecule has 2 heterocycles. The number of hydrogen-bond donors (Lipinski definition) is 1. The maximum Gasteiger partial charge on any atom is 0.324 e. The van der Waals surface area contributed by atoms with Crippen LogP contribution in [0.1, 0.15) is 23.8 Å². The van der Waals surface area contributed by atoms with Gasteiger partial charge in [0, 0.05) is 10.9 Å². The summed E-state index contributed by atoms with van der Waals surface area (Å²) in [6.07, 6.45) is 2.26. The zero-order chi connectivity index (χ0) is 12.4. The van der Waals surface area contributed by atoms with E-state index in [1.807, 2.05) is 0 Å². The van der Waals surface area contributed by atoms with E-state index in [1.165, 1.54) is 6.07 Å². The van der Waals surface area contributed by atoms with Crippen molar-refractivity contribution in [2.45, 2.75) is 18.9 Å². The molecule has 1 aliphatic heterocycles. The number of thiophene rings is 1. The minimum absolute atomic E-state index is 0.139. The maximum absolute atomic E-state index is 10.7. The minimum atomic E-state index is -0.380. The van der Waals surface area contributed by atoms with Crippen LogP contribution in [-0.2, 0) is 0 Å². The van der Waals surface area contributed by atoms with E-state index in [4.69, 9.17) is 18.0 Å². The fraction of sp³-hybridized carbons (Fsp3) is 0.500. The number of likely N-dealkylation sites (tertiary alicyclic amines) is 1. The molecule has 1 unspecified atom stereocenters. The van der Waals surface area contributed by atoms with Crippen LogP contribution in [0.25, 0.3) is 0 Å². The van der Waals surface area contributed by atoms with Crippen molar-refractivity contribution in [3.63, 3.8) is 0 Å². The van der Waals surface area contributed by atoms with Crippen molar-refractivity contribution in [3.05, 3.63) is 27.1 Å². The Morgan fingerprint density at radius 1 is 1.53 bits per heavy atom. The number of rotatable bonds is 4. The standard InChI is InChI=1S/C10H13N3O2S2/c11-10(16)9(12-5-1-2-6-12)7-3-4-8(17-7)13(14)15/h3-4,9H,1-2,5-6H2,(H2,11,16). The molecule has 2 N–H and O–H groups in total. The van der Waals surface area contributed by atoms with Gasteiger partial charge in [-0.3, -0.25) is 15.0 Å². The average molecular weight is 271 g/mol. The van der Waals surface area contributed by atoms with Crippen LogP contribution in [0.5, 0.6) is 0 Å². The van der Waals surface area contributed by atoms with E-state index in [2.05, 4.69) is 4.90 Å². The molecule has 2 rings (SSSR count). The van der Waals surface area contributed by atoms with Crippen molar-refractivity contribution in [2.75, 3.05) is 13.1 Å². The number of nitrogens with two attached hydrogens (primary N) is 1. The lowest BCUT2D eigenvalue weighted by Gasteiger charge is -2.25. The van der Waals surface area contributed by atoms with Gasteiger partial charge in [-0.05, 0) is 32.0 Å². The van der Waals surface area contributed by atoms with E-state index in [9.17, 15) is 10.1 Å². The fourth-order valence-corrected chi connectivity index (χ4v) is 3.41. The predicted octanol–water partition coefficient (Wildman–Crippen LogP) is 2.08. The highest BCUT2D eigenvalue weighted by molar-refractivity contribution is 7.80. The van der Waals surface area contributed by atoms with Gasteiger partial charge in [-0.2, -0.15) is 0 Å². The predicted molar refractivity (Wildman–Crippen MR) is 71.3 cm³/mol. The first-order chi connectivity index (χ1) is 8.09. The Hall–Kier alpha value is -1.05. The summed E-state index contributed by atoms with van der Waals surface area (Å²) in [6, 6.07) is 3.12. The van der Waals surface area contributed by atoms with E-state index in [0.717, 1.165) is 42.1 Å². The smallest absolute Gasteiger partial charge is 0.324 e. The summed E-state index contributed by atoms with van der Waals surface area (Å²) in [5.74, 6) is 0. The van der Waals surface area contributed by atoms with Gasteiger partial charge in [0.1, 0.15) is 0 Å². The van der Waals surface area contributed by atoms with Gasteiger partial charge in [0.15, 0.2) is 0 Å². The van der Waals surface area contributed by atoms with Crippen LogP contribution in [-0.4, -0.2) is 27.9 Å². The highest BCUT2D eigenvalue weighted by Gasteiger charge is 2.28. The zero-order valence-electron chi connectivity index (χ0n) is 9.17. The summed E-state index contributed by atoms with van der Waals surface area (Å²) in [7, 11) is 0. The first kappa shape index (κ1) is 12.4. The van der Waals surface area contributed by atoms with Crippen molar-refractivity contribution in [2.24, 2.45) is 5.73 Å². The molecule has 1 aromatic rings. The third kappa shape index (κ3) is 2.62. The molecule has 0 aromatic carbocycles. The molecule has 1 aromatic heterocycles. The van der Waals surface area contributed by atoms with Crippen LogP contribution < -0.4 is 5.73 Å². The second kappa shape index (κ2) is 5.07. The number of nitro groups is 1. The lowest BCUT2D eigenvalue weighted by molar-refractivity contribution is -0.380. The van der Waals surface area contributed by atoms with Crippen molar-refractivity contribution in [1.29, 1.82) is 0 Å². The molecule has 92 valence electrons. The van der Waals surface area contributed by atoms with E-state index < -0.39 is 0 Å². The monoisotopic (exact) mass is 271 g/mol. The molecule has 0 aliphatic carbocycles. The zero-order valence-corrected chi connectivity index (χ0v) is 10.8. The molecule has 17 heavy (non-hydrogen) atoms. The molecule has 0 spiro atoms. The van der Waals surface area contributed by atoms with Gasteiger partial charge in [-0.25, -0.2) is 0 Å². The molecular weight excluding hydrogens is 258 g/mol. The molecular formula is C10H13N3O2S2.